The van der Waals surface area contributed by atoms with Crippen LogP contribution >= 0.6 is 11.3 Å². The highest BCUT2D eigenvalue weighted by atomic mass is 32.1. The fraction of sp³-hybridized carbons (Fsp3) is 0.364. The van der Waals surface area contributed by atoms with Crippen LogP contribution in [0.4, 0.5) is 5.00 Å². The van der Waals surface area contributed by atoms with Crippen LogP contribution in [-0.2, 0) is 4.74 Å². The molecule has 1 amide bonds. The van der Waals surface area contributed by atoms with Crippen LogP contribution in [0.3, 0.4) is 0 Å². The molecule has 0 unspecified atom stereocenters. The first kappa shape index (κ1) is 14.3. The Balaban J connectivity index is 2.32. The van der Waals surface area contributed by atoms with E-state index in [1.165, 1.54) is 12.1 Å². The molecule has 1 N–H and O–H groups in total. The molecular weight excluding hydrogens is 256 g/mol. The first-order valence-corrected chi connectivity index (χ1v) is 6.07. The third-order valence-electron chi connectivity index (χ3n) is 1.88. The zero-order chi connectivity index (χ0) is 13.5. The zero-order valence-electron chi connectivity index (χ0n) is 9.97. The number of amides is 1. The van der Waals surface area contributed by atoms with E-state index in [1.54, 1.807) is 0 Å². The van der Waals surface area contributed by atoms with Crippen molar-refractivity contribution in [3.8, 4) is 0 Å². The van der Waals surface area contributed by atoms with Crippen molar-refractivity contribution in [2.45, 2.75) is 6.92 Å². The van der Waals surface area contributed by atoms with Crippen molar-refractivity contribution in [1.82, 2.24) is 5.32 Å². The Bertz CT molecular complexity index is 456. The first-order valence-electron chi connectivity index (χ1n) is 5.25. The van der Waals surface area contributed by atoms with Crippen LogP contribution in [0, 0.1) is 10.1 Å². The van der Waals surface area contributed by atoms with E-state index in [1.807, 2.05) is 6.92 Å². The molecule has 0 aliphatic carbocycles. The monoisotopic (exact) mass is 270 g/mol. The van der Waals surface area contributed by atoms with Gasteiger partial charge in [0.25, 0.3) is 5.91 Å². The Kier molecular flexibility index (Phi) is 5.47. The van der Waals surface area contributed by atoms with Crippen molar-refractivity contribution in [2.75, 3.05) is 19.8 Å². The summed E-state index contributed by atoms with van der Waals surface area (Å²) in [4.78, 5) is 21.8. The normalized spacial score (nSPS) is 10.1. The maximum atomic E-state index is 11.6. The zero-order valence-corrected chi connectivity index (χ0v) is 10.8. The van der Waals surface area contributed by atoms with Gasteiger partial charge in [0.15, 0.2) is 0 Å². The van der Waals surface area contributed by atoms with E-state index >= 15 is 0 Å². The lowest BCUT2D eigenvalue weighted by Gasteiger charge is -2.04. The number of rotatable bonds is 7. The highest BCUT2D eigenvalue weighted by Crippen LogP contribution is 2.23. The van der Waals surface area contributed by atoms with Crippen LogP contribution in [-0.4, -0.2) is 30.6 Å². The molecule has 1 heterocycles. The van der Waals surface area contributed by atoms with Gasteiger partial charge in [-0.05, 0) is 13.0 Å². The van der Waals surface area contributed by atoms with Crippen LogP contribution in [0.25, 0.3) is 0 Å². The quantitative estimate of drug-likeness (QED) is 0.355. The molecule has 0 fully saturated rings. The number of nitrogens with one attached hydrogen (secondary N) is 1. The molecule has 18 heavy (non-hydrogen) atoms. The highest BCUT2D eigenvalue weighted by molar-refractivity contribution is 7.17. The Morgan fingerprint density at radius 1 is 1.61 bits per heavy atom. The van der Waals surface area contributed by atoms with Crippen molar-refractivity contribution in [3.05, 3.63) is 39.3 Å². The van der Waals surface area contributed by atoms with Crippen LogP contribution in [0.2, 0.25) is 0 Å². The summed E-state index contributed by atoms with van der Waals surface area (Å²) in [6, 6.07) is 2.75. The van der Waals surface area contributed by atoms with Gasteiger partial charge in [0.05, 0.1) is 23.0 Å². The van der Waals surface area contributed by atoms with Gasteiger partial charge in [0.2, 0.25) is 0 Å². The Hall–Kier alpha value is -1.73. The minimum Gasteiger partial charge on any atom is -0.375 e. The number of nitrogens with zero attached hydrogens (tertiary/aromatic N) is 1. The average molecular weight is 270 g/mol. The molecule has 7 heteroatoms. The van der Waals surface area contributed by atoms with E-state index < -0.39 is 4.92 Å². The van der Waals surface area contributed by atoms with Gasteiger partial charge in [-0.25, -0.2) is 0 Å². The van der Waals surface area contributed by atoms with Crippen LogP contribution in [0.15, 0.2) is 24.3 Å². The molecule has 0 saturated carbocycles. The summed E-state index contributed by atoms with van der Waals surface area (Å²) in [5.41, 5.74) is 0.912. The van der Waals surface area contributed by atoms with Gasteiger partial charge in [0, 0.05) is 12.6 Å². The van der Waals surface area contributed by atoms with Crippen molar-refractivity contribution < 1.29 is 14.5 Å². The van der Waals surface area contributed by atoms with E-state index in [0.717, 1.165) is 16.9 Å². The number of hydrogen-bond acceptors (Lipinski definition) is 5. The number of thiophene rings is 1. The second-order valence-electron chi connectivity index (χ2n) is 3.66. The Morgan fingerprint density at radius 2 is 2.33 bits per heavy atom. The van der Waals surface area contributed by atoms with E-state index in [0.29, 0.717) is 24.6 Å². The maximum absolute atomic E-state index is 11.6. The van der Waals surface area contributed by atoms with Gasteiger partial charge >= 0.3 is 5.00 Å². The molecule has 0 atom stereocenters. The lowest BCUT2D eigenvalue weighted by Crippen LogP contribution is -2.26. The van der Waals surface area contributed by atoms with E-state index in [4.69, 9.17) is 4.74 Å². The van der Waals surface area contributed by atoms with Gasteiger partial charge in [-0.3, -0.25) is 14.9 Å². The number of ether oxygens (including phenoxy) is 1. The molecule has 0 aliphatic heterocycles. The van der Waals surface area contributed by atoms with Crippen molar-refractivity contribution >= 4 is 22.2 Å². The SMILES string of the molecule is C=C(C)COCCNC(=O)c1ccc([N+](=O)[O-])s1. The molecule has 0 spiro atoms. The summed E-state index contributed by atoms with van der Waals surface area (Å²) < 4.78 is 5.21. The lowest BCUT2D eigenvalue weighted by molar-refractivity contribution is -0.380. The molecule has 1 rings (SSSR count). The molecule has 6 nitrogen and oxygen atoms in total. The predicted molar refractivity (Wildman–Crippen MR) is 68.9 cm³/mol. The summed E-state index contributed by atoms with van der Waals surface area (Å²) in [5, 5.41) is 13.0. The molecule has 0 bridgehead atoms. The first-order chi connectivity index (χ1) is 8.50. The molecule has 98 valence electrons. The smallest absolute Gasteiger partial charge is 0.324 e. The van der Waals surface area contributed by atoms with Crippen LogP contribution in [0.5, 0.6) is 0 Å². The molecule has 0 radical (unpaired) electrons. The highest BCUT2D eigenvalue weighted by Gasteiger charge is 2.14. The van der Waals surface area contributed by atoms with Gasteiger partial charge in [0.1, 0.15) is 0 Å². The summed E-state index contributed by atoms with van der Waals surface area (Å²) >= 11 is 0.852. The van der Waals surface area contributed by atoms with E-state index in [9.17, 15) is 14.9 Å². The second-order valence-corrected chi connectivity index (χ2v) is 4.72. The average Bonchev–Trinajstić information content (AvgIpc) is 2.77. The second kappa shape index (κ2) is 6.87. The predicted octanol–water partition coefficient (Wildman–Crippen LogP) is 1.98. The Morgan fingerprint density at radius 3 is 2.89 bits per heavy atom. The third kappa shape index (κ3) is 4.64. The van der Waals surface area contributed by atoms with E-state index in [2.05, 4.69) is 11.9 Å². The van der Waals surface area contributed by atoms with Crippen molar-refractivity contribution in [2.24, 2.45) is 0 Å². The lowest BCUT2D eigenvalue weighted by atomic mass is 10.4. The molecular formula is C11H14N2O4S. The minimum absolute atomic E-state index is 0.0429. The summed E-state index contributed by atoms with van der Waals surface area (Å²) in [6.45, 7) is 6.73. The minimum atomic E-state index is -0.516. The van der Waals surface area contributed by atoms with Gasteiger partial charge in [-0.1, -0.05) is 23.5 Å². The van der Waals surface area contributed by atoms with Gasteiger partial charge < -0.3 is 10.1 Å². The van der Waals surface area contributed by atoms with Crippen LogP contribution < -0.4 is 5.32 Å². The van der Waals surface area contributed by atoms with E-state index in [-0.39, 0.29) is 10.9 Å². The summed E-state index contributed by atoms with van der Waals surface area (Å²) in [6.07, 6.45) is 0. The number of hydrogen-bond donors (Lipinski definition) is 1. The summed E-state index contributed by atoms with van der Waals surface area (Å²) in [5.74, 6) is -0.327. The fourth-order valence-electron chi connectivity index (χ4n) is 1.12. The molecule has 0 aromatic carbocycles. The fourth-order valence-corrected chi connectivity index (χ4v) is 1.85. The molecule has 1 aromatic heterocycles. The summed E-state index contributed by atoms with van der Waals surface area (Å²) in [7, 11) is 0. The molecule has 0 saturated heterocycles. The topological polar surface area (TPSA) is 81.5 Å². The number of carbonyl (C=O) groups excluding carboxylic acids is 1. The standard InChI is InChI=1S/C11H14N2O4S/c1-8(2)7-17-6-5-12-11(14)9-3-4-10(18-9)13(15)16/h3-4H,1,5-7H2,2H3,(H,12,14). The maximum Gasteiger partial charge on any atom is 0.324 e. The molecule has 0 aliphatic rings. The third-order valence-corrected chi connectivity index (χ3v) is 2.91. The van der Waals surface area contributed by atoms with Crippen molar-refractivity contribution in [3.63, 3.8) is 0 Å². The van der Waals surface area contributed by atoms with Crippen LogP contribution in [0.1, 0.15) is 16.6 Å². The van der Waals surface area contributed by atoms with Crippen molar-refractivity contribution in [1.29, 1.82) is 0 Å². The Labute approximate surface area is 108 Å². The van der Waals surface area contributed by atoms with Gasteiger partial charge in [-0.2, -0.15) is 0 Å². The van der Waals surface area contributed by atoms with Gasteiger partial charge in [-0.15, -0.1) is 0 Å². The molecule has 1 aromatic rings. The number of nitro groups is 1. The number of carbonyl (C=O) groups is 1. The largest absolute Gasteiger partial charge is 0.375 e.